The first-order chi connectivity index (χ1) is 23.5. The van der Waals surface area contributed by atoms with Gasteiger partial charge in [0.25, 0.3) is 0 Å². The van der Waals surface area contributed by atoms with Crippen molar-refractivity contribution in [3.05, 3.63) is 89.0 Å². The highest BCUT2D eigenvalue weighted by molar-refractivity contribution is 6.26. The molecule has 0 spiro atoms. The molecule has 1 aliphatic carbocycles. The summed E-state index contributed by atoms with van der Waals surface area (Å²) in [5, 5.41) is 22.8. The topological polar surface area (TPSA) is 80.2 Å². The molecule has 2 bridgehead atoms. The molecule has 3 aromatic rings. The third kappa shape index (κ3) is 8.57. The van der Waals surface area contributed by atoms with E-state index in [1.165, 1.54) is 57.2 Å². The van der Waals surface area contributed by atoms with Crippen LogP contribution in [0.4, 0.5) is 0 Å². The molecule has 3 aliphatic heterocycles. The highest BCUT2D eigenvalue weighted by atomic mass is 16.5. The molecule has 4 aliphatic rings. The monoisotopic (exact) mass is 654 g/mol. The van der Waals surface area contributed by atoms with Crippen LogP contribution in [-0.4, -0.2) is 74.6 Å². The summed E-state index contributed by atoms with van der Waals surface area (Å²) in [6, 6.07) is 22.8. The number of fused-ring (bicyclic) bond motifs is 3. The third-order valence-corrected chi connectivity index (χ3v) is 11.4. The lowest BCUT2D eigenvalue weighted by Crippen LogP contribution is -2.65. The van der Waals surface area contributed by atoms with Crippen LogP contribution in [0.2, 0.25) is 6.32 Å². The van der Waals surface area contributed by atoms with Gasteiger partial charge in [0.15, 0.2) is 11.5 Å². The Morgan fingerprint density at radius 2 is 1.73 bits per heavy atom. The van der Waals surface area contributed by atoms with Gasteiger partial charge in [-0.15, -0.1) is 0 Å². The van der Waals surface area contributed by atoms with Gasteiger partial charge in [-0.2, -0.15) is 0 Å². The molecule has 7 nitrogen and oxygen atoms in total. The molecule has 3 saturated heterocycles. The summed E-state index contributed by atoms with van der Waals surface area (Å²) in [6.45, 7) is 7.75. The Morgan fingerprint density at radius 1 is 0.938 bits per heavy atom. The molecule has 3 aromatic carbocycles. The molecule has 3 N–H and O–H groups in total. The number of nitrogens with zero attached hydrogens (tertiary/aromatic N) is 1. The van der Waals surface area contributed by atoms with Gasteiger partial charge in [-0.25, -0.2) is 0 Å². The van der Waals surface area contributed by atoms with E-state index in [1.807, 2.05) is 18.2 Å². The van der Waals surface area contributed by atoms with E-state index in [1.54, 1.807) is 13.2 Å². The van der Waals surface area contributed by atoms with E-state index in [-0.39, 0.29) is 18.4 Å². The lowest BCUT2D eigenvalue weighted by atomic mass is 9.72. The quantitative estimate of drug-likeness (QED) is 0.110. The van der Waals surface area contributed by atoms with Gasteiger partial charge in [0.2, 0.25) is 0 Å². The maximum atomic E-state index is 9.82. The minimum atomic E-state index is -0.165. The number of quaternary nitrogens is 1. The van der Waals surface area contributed by atoms with Gasteiger partial charge in [-0.3, -0.25) is 0 Å². The predicted molar refractivity (Wildman–Crippen MR) is 192 cm³/mol. The van der Waals surface area contributed by atoms with Crippen LogP contribution < -0.4 is 14.8 Å². The smallest absolute Gasteiger partial charge is 0.450 e. The number of hydrogen-bond acceptors (Lipinski definition) is 6. The van der Waals surface area contributed by atoms with Crippen molar-refractivity contribution in [3.63, 3.8) is 0 Å². The van der Waals surface area contributed by atoms with E-state index >= 15 is 0 Å². The summed E-state index contributed by atoms with van der Waals surface area (Å²) in [7, 11) is 4.20. The molecule has 7 rings (SSSR count). The number of aromatic hydroxyl groups is 1. The molecule has 8 heteroatoms. The number of methoxy groups -OCH3 is 1. The van der Waals surface area contributed by atoms with Crippen LogP contribution in [0.15, 0.2) is 66.7 Å². The number of phenols is 1. The fourth-order valence-electron chi connectivity index (χ4n) is 8.44. The molecule has 1 saturated carbocycles. The van der Waals surface area contributed by atoms with E-state index in [0.717, 1.165) is 65.4 Å². The Labute approximate surface area is 288 Å². The highest BCUT2D eigenvalue weighted by Gasteiger charge is 2.47. The molecule has 0 amide bonds. The Bertz CT molecular complexity index is 1440. The third-order valence-electron chi connectivity index (χ3n) is 11.4. The molecular formula is C40H55BN2O5+. The number of rotatable bonds is 17. The van der Waals surface area contributed by atoms with Gasteiger partial charge < -0.3 is 34.1 Å². The maximum Gasteiger partial charge on any atom is 0.450 e. The summed E-state index contributed by atoms with van der Waals surface area (Å²) >= 11 is 0. The van der Waals surface area contributed by atoms with Crippen LogP contribution in [0.1, 0.15) is 79.7 Å². The Balaban J connectivity index is 0.967. The van der Waals surface area contributed by atoms with Crippen LogP contribution in [0.5, 0.6) is 17.2 Å². The molecule has 48 heavy (non-hydrogen) atoms. The number of ether oxygens (including phenoxy) is 3. The number of benzene rings is 3. The SMILES string of the molecule is COc1cc([C@@H](C)NCCc2ccc(O)c(CO)c2)ccc1OCC[B][N+]12CCC(CC1)[C@H](OCC(c1ccccc1)C1CCCC1)C2. The van der Waals surface area contributed by atoms with Crippen molar-refractivity contribution in [2.75, 3.05) is 46.5 Å². The fourth-order valence-corrected chi connectivity index (χ4v) is 8.44. The number of nitrogens with one attached hydrogen (secondary N) is 1. The van der Waals surface area contributed by atoms with Crippen LogP contribution in [0, 0.1) is 11.8 Å². The molecule has 3 heterocycles. The largest absolute Gasteiger partial charge is 0.508 e. The van der Waals surface area contributed by atoms with Gasteiger partial charge >= 0.3 is 7.41 Å². The van der Waals surface area contributed by atoms with Gasteiger partial charge in [0.1, 0.15) is 11.9 Å². The van der Waals surface area contributed by atoms with Crippen LogP contribution in [0.25, 0.3) is 0 Å². The van der Waals surface area contributed by atoms with Crippen molar-refractivity contribution in [2.24, 2.45) is 11.8 Å². The predicted octanol–water partition coefficient (Wildman–Crippen LogP) is 6.80. The van der Waals surface area contributed by atoms with Crippen molar-refractivity contribution in [3.8, 4) is 17.2 Å². The number of piperidine rings is 3. The van der Waals surface area contributed by atoms with Crippen LogP contribution in [0.3, 0.4) is 0 Å². The first kappa shape index (κ1) is 34.8. The second kappa shape index (κ2) is 16.6. The zero-order chi connectivity index (χ0) is 33.3. The number of hydrogen-bond donors (Lipinski definition) is 3. The first-order valence-electron chi connectivity index (χ1n) is 18.3. The van der Waals surface area contributed by atoms with Gasteiger partial charge in [-0.1, -0.05) is 55.3 Å². The van der Waals surface area contributed by atoms with Gasteiger partial charge in [-0.05, 0) is 79.6 Å². The minimum Gasteiger partial charge on any atom is -0.508 e. The second-order valence-corrected chi connectivity index (χ2v) is 14.4. The molecule has 4 fully saturated rings. The lowest BCUT2D eigenvalue weighted by molar-refractivity contribution is -0.846. The number of aliphatic hydroxyl groups is 1. The highest BCUT2D eigenvalue weighted by Crippen LogP contribution is 2.40. The minimum absolute atomic E-state index is 0.129. The van der Waals surface area contributed by atoms with E-state index < -0.39 is 0 Å². The molecule has 0 aromatic heterocycles. The standard InChI is InChI=1S/C40H55BN2O5/c1-29(42-20-16-30-12-14-37(45)35(24-30)27-44)34-13-15-38(39(25-34)46-2)47-23-19-41-43-21-17-33(18-22-43)40(26-43)48-28-36(32-10-6-7-11-32)31-8-4-3-5-9-31/h3-5,8-9,12-15,24-25,29,32-33,36,40,42,44-45H,6-7,10-11,16-23,26-28H2,1-2H3/q+1/t29-,33?,36?,40-,43?/m1/s1. The fraction of sp³-hybridized carbons (Fsp3) is 0.550. The average Bonchev–Trinajstić information content (AvgIpc) is 3.66. The summed E-state index contributed by atoms with van der Waals surface area (Å²) in [5.41, 5.74) is 4.23. The van der Waals surface area contributed by atoms with Crippen LogP contribution >= 0.6 is 0 Å². The Kier molecular flexibility index (Phi) is 12.0. The van der Waals surface area contributed by atoms with Crippen molar-refractivity contribution in [1.82, 2.24) is 5.32 Å². The van der Waals surface area contributed by atoms with Crippen LogP contribution in [-0.2, 0) is 17.8 Å². The Hall–Kier alpha value is -3.04. The number of aliphatic hydroxyl groups excluding tert-OH is 1. The average molecular weight is 655 g/mol. The van der Waals surface area contributed by atoms with Crippen molar-refractivity contribution >= 4 is 7.41 Å². The van der Waals surface area contributed by atoms with Crippen molar-refractivity contribution < 1.29 is 28.8 Å². The first-order valence-corrected chi connectivity index (χ1v) is 18.3. The summed E-state index contributed by atoms with van der Waals surface area (Å²) in [5.74, 6) is 3.63. The maximum absolute atomic E-state index is 9.82. The Morgan fingerprint density at radius 3 is 2.48 bits per heavy atom. The van der Waals surface area contributed by atoms with Crippen molar-refractivity contribution in [2.45, 2.75) is 82.9 Å². The van der Waals surface area contributed by atoms with Crippen molar-refractivity contribution in [1.29, 1.82) is 0 Å². The van der Waals surface area contributed by atoms with E-state index in [4.69, 9.17) is 14.2 Å². The summed E-state index contributed by atoms with van der Waals surface area (Å²) < 4.78 is 19.9. The summed E-state index contributed by atoms with van der Waals surface area (Å²) in [4.78, 5) is 0. The summed E-state index contributed by atoms with van der Waals surface area (Å²) in [6.07, 6.45) is 9.94. The zero-order valence-corrected chi connectivity index (χ0v) is 29.0. The van der Waals surface area contributed by atoms with E-state index in [0.29, 0.717) is 30.1 Å². The molecule has 3 atom stereocenters. The normalized spacial score (nSPS) is 23.6. The van der Waals surface area contributed by atoms with E-state index in [9.17, 15) is 10.2 Å². The molecular weight excluding hydrogens is 599 g/mol. The molecule has 257 valence electrons. The lowest BCUT2D eigenvalue weighted by Gasteiger charge is -2.53. The van der Waals surface area contributed by atoms with Gasteiger partial charge in [0, 0.05) is 42.6 Å². The van der Waals surface area contributed by atoms with Gasteiger partial charge in [0.05, 0.1) is 46.6 Å². The second-order valence-electron chi connectivity index (χ2n) is 14.4. The molecule has 1 radical (unpaired) electrons. The zero-order valence-electron chi connectivity index (χ0n) is 29.0. The molecule has 1 unspecified atom stereocenters. The van der Waals surface area contributed by atoms with E-state index in [2.05, 4.69) is 62.1 Å².